The minimum atomic E-state index is -5.69. The van der Waals surface area contributed by atoms with Gasteiger partial charge in [-0.15, -0.1) is 0 Å². The van der Waals surface area contributed by atoms with E-state index in [9.17, 15) is 74.9 Å². The highest BCUT2D eigenvalue weighted by atomic mass is 31.2. The predicted octanol–water partition coefficient (Wildman–Crippen LogP) is 10.7. The van der Waals surface area contributed by atoms with Gasteiger partial charge in [0.1, 0.15) is 98.7 Å². The highest BCUT2D eigenvalue weighted by Gasteiger charge is 2.58. The normalized spacial score (nSPS) is 27.7. The summed E-state index contributed by atoms with van der Waals surface area (Å²) in [7, 11) is -5.69. The highest BCUT2D eigenvalue weighted by Crippen LogP contribution is 2.49. The minimum absolute atomic E-state index is 0.0329. The van der Waals surface area contributed by atoms with E-state index in [-0.39, 0.29) is 19.3 Å². The maximum absolute atomic E-state index is 14.3. The summed E-state index contributed by atoms with van der Waals surface area (Å²) in [6.45, 7) is 3.45. The van der Waals surface area contributed by atoms with E-state index in [1.54, 1.807) is 0 Å². The molecular formula is C73H135O24P. The zero-order valence-corrected chi connectivity index (χ0v) is 61.0. The number of carbonyl (C=O) groups excluding carboxylic acids is 3. The molecule has 2 aliphatic heterocycles. The van der Waals surface area contributed by atoms with E-state index in [0.29, 0.717) is 19.3 Å². The third-order valence-corrected chi connectivity index (χ3v) is 20.0. The Morgan fingerprint density at radius 1 is 0.388 bits per heavy atom. The van der Waals surface area contributed by atoms with E-state index >= 15 is 0 Å². The fourth-order valence-electron chi connectivity index (χ4n) is 12.8. The fraction of sp³-hybridized carbons (Fsp3) is 0.932. The van der Waals surface area contributed by atoms with Crippen LogP contribution in [0.1, 0.15) is 303 Å². The molecule has 3 fully saturated rings. The second-order valence-electron chi connectivity index (χ2n) is 27.7. The van der Waals surface area contributed by atoms with Gasteiger partial charge >= 0.3 is 25.7 Å². The summed E-state index contributed by atoms with van der Waals surface area (Å²) in [6, 6.07) is 0. The Morgan fingerprint density at radius 2 is 0.714 bits per heavy atom. The van der Waals surface area contributed by atoms with Gasteiger partial charge in [0.05, 0.1) is 13.2 Å². The van der Waals surface area contributed by atoms with E-state index in [4.69, 9.17) is 42.2 Å². The number of hydrogen-bond acceptors (Lipinski definition) is 23. The molecule has 0 spiro atoms. The molecule has 3 aliphatic rings. The molecule has 1 aliphatic carbocycles. The van der Waals surface area contributed by atoms with Crippen LogP contribution in [0.4, 0.5) is 0 Å². The van der Waals surface area contributed by atoms with E-state index in [1.807, 2.05) is 0 Å². The average molecular weight is 1430 g/mol. The Morgan fingerprint density at radius 3 is 1.11 bits per heavy atom. The second kappa shape index (κ2) is 55.2. The van der Waals surface area contributed by atoms with Crippen molar-refractivity contribution in [2.75, 3.05) is 26.4 Å². The zero-order chi connectivity index (χ0) is 71.8. The molecule has 0 aromatic carbocycles. The topological polar surface area (TPSA) is 374 Å². The van der Waals surface area contributed by atoms with Crippen LogP contribution >= 0.6 is 7.82 Å². The minimum Gasteiger partial charge on any atom is -0.463 e. The number of esters is 3. The highest BCUT2D eigenvalue weighted by molar-refractivity contribution is 7.47. The van der Waals surface area contributed by atoms with Gasteiger partial charge in [-0.2, -0.15) is 0 Å². The van der Waals surface area contributed by atoms with Gasteiger partial charge in [0, 0.05) is 19.3 Å². The largest absolute Gasteiger partial charge is 0.472 e. The molecule has 0 bridgehead atoms. The molecule has 0 amide bonds. The van der Waals surface area contributed by atoms with Crippen LogP contribution in [0.15, 0.2) is 12.2 Å². The van der Waals surface area contributed by atoms with Crippen LogP contribution in [0, 0.1) is 0 Å². The van der Waals surface area contributed by atoms with Crippen molar-refractivity contribution in [3.05, 3.63) is 12.2 Å². The lowest BCUT2D eigenvalue weighted by molar-refractivity contribution is -0.360. The lowest BCUT2D eigenvalue weighted by Crippen LogP contribution is -2.69. The molecular weight excluding hydrogens is 1290 g/mol. The van der Waals surface area contributed by atoms with Crippen LogP contribution in [0.2, 0.25) is 0 Å². The van der Waals surface area contributed by atoms with Crippen LogP contribution in [-0.2, 0) is 61.2 Å². The van der Waals surface area contributed by atoms with Crippen LogP contribution in [0.25, 0.3) is 0 Å². The molecule has 2 saturated heterocycles. The van der Waals surface area contributed by atoms with Crippen LogP contribution in [0.5, 0.6) is 0 Å². The Hall–Kier alpha value is -2.30. The third kappa shape index (κ3) is 37.9. The molecule has 24 nitrogen and oxygen atoms in total. The summed E-state index contributed by atoms with van der Waals surface area (Å²) >= 11 is 0. The Balaban J connectivity index is 1.71. The Labute approximate surface area is 586 Å². The predicted molar refractivity (Wildman–Crippen MR) is 370 cm³/mol. The van der Waals surface area contributed by atoms with Gasteiger partial charge < -0.3 is 89.1 Å². The molecule has 18 unspecified atom stereocenters. The first kappa shape index (κ1) is 89.9. The van der Waals surface area contributed by atoms with Crippen LogP contribution in [0.3, 0.4) is 0 Å². The van der Waals surface area contributed by atoms with E-state index in [1.165, 1.54) is 128 Å². The van der Waals surface area contributed by atoms with Crippen molar-refractivity contribution in [3.63, 3.8) is 0 Å². The number of aliphatic hydroxyl groups excluding tert-OH is 10. The van der Waals surface area contributed by atoms with Gasteiger partial charge in [-0.3, -0.25) is 23.4 Å². The molecule has 0 aromatic rings. The van der Waals surface area contributed by atoms with Gasteiger partial charge in [0.2, 0.25) is 0 Å². The first-order valence-electron chi connectivity index (χ1n) is 38.5. The number of rotatable bonds is 60. The van der Waals surface area contributed by atoms with Crippen molar-refractivity contribution in [2.24, 2.45) is 0 Å². The number of hydrogen-bond donors (Lipinski definition) is 11. The molecule has 18 atom stereocenters. The molecule has 0 aromatic heterocycles. The van der Waals surface area contributed by atoms with Crippen molar-refractivity contribution >= 4 is 25.7 Å². The SMILES string of the molecule is CCCCCC/C=C\CCCCCCCCCC(=O)OCC(COP(=O)(O)OC1C(OC2OC(CO)C(O)C(O)C2O)C(O)C(O)C(O)C1OC1OC(COC(=O)CCCCCCCCCCCCCCCCCC)C(O)C(O)C1O)OC(=O)CCCCCCCCCCCCCC. The summed E-state index contributed by atoms with van der Waals surface area (Å²) in [5.74, 6) is -1.98. The van der Waals surface area contributed by atoms with Crippen molar-refractivity contribution in [2.45, 2.75) is 407 Å². The van der Waals surface area contributed by atoms with Crippen molar-refractivity contribution < 1.29 is 117 Å². The number of allylic oxidation sites excluding steroid dienone is 2. The van der Waals surface area contributed by atoms with Crippen molar-refractivity contribution in [3.8, 4) is 0 Å². The number of unbranched alkanes of at least 4 members (excludes halogenated alkanes) is 37. The van der Waals surface area contributed by atoms with E-state index in [0.717, 1.165) is 116 Å². The molecule has 98 heavy (non-hydrogen) atoms. The smallest absolute Gasteiger partial charge is 0.463 e. The van der Waals surface area contributed by atoms with Crippen molar-refractivity contribution in [1.82, 2.24) is 0 Å². The maximum Gasteiger partial charge on any atom is 0.472 e. The third-order valence-electron chi connectivity index (χ3n) is 19.0. The van der Waals surface area contributed by atoms with Crippen molar-refractivity contribution in [1.29, 1.82) is 0 Å². The summed E-state index contributed by atoms with van der Waals surface area (Å²) in [5, 5.41) is 110. The van der Waals surface area contributed by atoms with Gasteiger partial charge in [-0.25, -0.2) is 4.57 Å². The average Bonchev–Trinajstić information content (AvgIpc) is 0.947. The summed E-state index contributed by atoms with van der Waals surface area (Å²) in [6.07, 6.45) is 14.1. The lowest BCUT2D eigenvalue weighted by atomic mass is 9.84. The molecule has 3 rings (SSSR count). The lowest BCUT2D eigenvalue weighted by Gasteiger charge is -2.49. The molecule has 11 N–H and O–H groups in total. The number of aliphatic hydroxyl groups is 10. The maximum atomic E-state index is 14.3. The fourth-order valence-corrected chi connectivity index (χ4v) is 13.7. The standard InChI is InChI=1S/C73H135O24P/c1-4-7-10-13-16-19-22-25-27-29-31-34-36-39-42-45-48-58(76)90-53-56-61(79)63(81)68(86)73(94-56)96-70-66(84)64(82)65(83)69(95-72-67(85)62(80)60(78)55(50-74)93-72)71(70)97-98(87,88)91-52-54(92-59(77)49-46-43-40-37-32-24-21-18-15-12-9-6-3)51-89-57(75)47-44-41-38-35-33-30-28-26-23-20-17-14-11-8-5-2/h20,23,54-56,60-74,78-86H,4-19,21-22,24-53H2,1-3H3,(H,87,88)/b23-20-. The Bertz CT molecular complexity index is 2080. The monoisotopic (exact) mass is 1430 g/mol. The van der Waals surface area contributed by atoms with Crippen LogP contribution in [-0.4, -0.2) is 204 Å². The molecule has 1 saturated carbocycles. The molecule has 576 valence electrons. The van der Waals surface area contributed by atoms with Gasteiger partial charge in [0.15, 0.2) is 18.7 Å². The van der Waals surface area contributed by atoms with Crippen LogP contribution < -0.4 is 0 Å². The van der Waals surface area contributed by atoms with Gasteiger partial charge in [0.25, 0.3) is 0 Å². The summed E-state index contributed by atoms with van der Waals surface area (Å²) in [5.41, 5.74) is 0. The number of ether oxygens (including phenoxy) is 7. The number of phosphoric ester groups is 1. The first-order valence-corrected chi connectivity index (χ1v) is 40.0. The first-order chi connectivity index (χ1) is 47.3. The zero-order valence-electron chi connectivity index (χ0n) is 60.1. The summed E-state index contributed by atoms with van der Waals surface area (Å²) in [4.78, 5) is 51.0. The van der Waals surface area contributed by atoms with E-state index in [2.05, 4.69) is 32.9 Å². The van der Waals surface area contributed by atoms with Gasteiger partial charge in [-0.1, -0.05) is 251 Å². The molecule has 0 radical (unpaired) electrons. The van der Waals surface area contributed by atoms with Gasteiger partial charge in [-0.05, 0) is 44.9 Å². The van der Waals surface area contributed by atoms with E-state index < -0.39 is 156 Å². The quantitative estimate of drug-likeness (QED) is 0.00886. The Kier molecular flexibility index (Phi) is 50.7. The summed E-state index contributed by atoms with van der Waals surface area (Å²) < 4.78 is 65.0. The number of phosphoric acid groups is 1. The molecule has 2 heterocycles. The number of carbonyl (C=O) groups is 3. The second-order valence-corrected chi connectivity index (χ2v) is 29.1. The molecule has 25 heteroatoms.